The summed E-state index contributed by atoms with van der Waals surface area (Å²) in [4.78, 5) is 25.5. The van der Waals surface area contributed by atoms with Crippen LogP contribution in [0.3, 0.4) is 0 Å². The maximum Gasteiger partial charge on any atom is 0.296 e. The Morgan fingerprint density at radius 3 is 2.72 bits per heavy atom. The van der Waals surface area contributed by atoms with Crippen LogP contribution in [-0.4, -0.2) is 48.6 Å². The number of amides is 1. The molecule has 0 unspecified atom stereocenters. The average molecular weight is 420 g/mol. The highest BCUT2D eigenvalue weighted by atomic mass is 35.5. The summed E-state index contributed by atoms with van der Waals surface area (Å²) >= 11 is 5.94. The quantitative estimate of drug-likeness (QED) is 0.567. The second-order valence-corrected chi connectivity index (χ2v) is 7.15. The van der Waals surface area contributed by atoms with Crippen LogP contribution in [0.2, 0.25) is 5.02 Å². The van der Waals surface area contributed by atoms with E-state index in [0.717, 1.165) is 5.56 Å². The SMILES string of the molecule is COc1ccc(NC(=O)[C@@H](C)N2CCO[C@@H](c3ccc(Cl)cc3)C2)c([N+](=O)[O-])c1. The summed E-state index contributed by atoms with van der Waals surface area (Å²) in [5.41, 5.74) is 0.901. The van der Waals surface area contributed by atoms with Gasteiger partial charge in [0.25, 0.3) is 5.69 Å². The fourth-order valence-electron chi connectivity index (χ4n) is 3.20. The van der Waals surface area contributed by atoms with Crippen LogP contribution < -0.4 is 10.1 Å². The number of benzene rings is 2. The van der Waals surface area contributed by atoms with Gasteiger partial charge >= 0.3 is 0 Å². The van der Waals surface area contributed by atoms with E-state index in [1.165, 1.54) is 19.2 Å². The molecule has 0 radical (unpaired) electrons. The number of hydrogen-bond donors (Lipinski definition) is 1. The van der Waals surface area contributed by atoms with E-state index in [1.54, 1.807) is 25.1 Å². The summed E-state index contributed by atoms with van der Waals surface area (Å²) in [5, 5.41) is 14.6. The van der Waals surface area contributed by atoms with Crippen LogP contribution in [0.25, 0.3) is 0 Å². The zero-order valence-electron chi connectivity index (χ0n) is 16.1. The molecule has 1 N–H and O–H groups in total. The molecule has 1 heterocycles. The van der Waals surface area contributed by atoms with Crippen LogP contribution in [0.15, 0.2) is 42.5 Å². The maximum atomic E-state index is 12.8. The molecule has 0 aliphatic carbocycles. The van der Waals surface area contributed by atoms with Crippen molar-refractivity contribution in [1.29, 1.82) is 0 Å². The van der Waals surface area contributed by atoms with Gasteiger partial charge in [-0.25, -0.2) is 0 Å². The van der Waals surface area contributed by atoms with Crippen molar-refractivity contribution < 1.29 is 19.2 Å². The van der Waals surface area contributed by atoms with Crippen molar-refractivity contribution in [3.05, 3.63) is 63.2 Å². The lowest BCUT2D eigenvalue weighted by Gasteiger charge is -2.36. The zero-order valence-corrected chi connectivity index (χ0v) is 16.9. The third-order valence-corrected chi connectivity index (χ3v) is 5.18. The molecular weight excluding hydrogens is 398 g/mol. The second kappa shape index (κ2) is 9.21. The number of morpholine rings is 1. The molecule has 0 saturated carbocycles. The van der Waals surface area contributed by atoms with Gasteiger partial charge in [-0.1, -0.05) is 23.7 Å². The Kier molecular flexibility index (Phi) is 6.68. The number of nitrogens with one attached hydrogen (secondary N) is 1. The zero-order chi connectivity index (χ0) is 21.0. The van der Waals surface area contributed by atoms with Gasteiger partial charge in [-0.05, 0) is 36.8 Å². The summed E-state index contributed by atoms with van der Waals surface area (Å²) in [6.45, 7) is 3.37. The van der Waals surface area contributed by atoms with Gasteiger partial charge in [0, 0.05) is 18.1 Å². The Labute approximate surface area is 173 Å². The largest absolute Gasteiger partial charge is 0.496 e. The molecule has 1 saturated heterocycles. The number of nitro groups is 1. The highest BCUT2D eigenvalue weighted by Gasteiger charge is 2.29. The van der Waals surface area contributed by atoms with E-state index in [0.29, 0.717) is 30.5 Å². The molecule has 2 aromatic rings. The minimum atomic E-state index is -0.548. The molecule has 1 amide bonds. The molecule has 3 rings (SSSR count). The van der Waals surface area contributed by atoms with Gasteiger partial charge in [-0.3, -0.25) is 19.8 Å². The third-order valence-electron chi connectivity index (χ3n) is 4.93. The fraction of sp³-hybridized carbons (Fsp3) is 0.350. The van der Waals surface area contributed by atoms with Crippen LogP contribution in [0, 0.1) is 10.1 Å². The summed E-state index contributed by atoms with van der Waals surface area (Å²) in [5.74, 6) is 0.0248. The first kappa shape index (κ1) is 21.0. The van der Waals surface area contributed by atoms with E-state index in [9.17, 15) is 14.9 Å². The number of nitrogens with zero attached hydrogens (tertiary/aromatic N) is 2. The fourth-order valence-corrected chi connectivity index (χ4v) is 3.32. The molecule has 1 aliphatic heterocycles. The highest BCUT2D eigenvalue weighted by molar-refractivity contribution is 6.30. The third kappa shape index (κ3) is 5.03. The molecule has 1 fully saturated rings. The molecule has 154 valence electrons. The van der Waals surface area contributed by atoms with E-state index in [-0.39, 0.29) is 23.4 Å². The van der Waals surface area contributed by atoms with E-state index >= 15 is 0 Å². The van der Waals surface area contributed by atoms with Crippen molar-refractivity contribution in [1.82, 2.24) is 4.90 Å². The highest BCUT2D eigenvalue weighted by Crippen LogP contribution is 2.30. The van der Waals surface area contributed by atoms with Gasteiger partial charge in [0.15, 0.2) is 0 Å². The number of hydrogen-bond acceptors (Lipinski definition) is 6. The lowest BCUT2D eigenvalue weighted by molar-refractivity contribution is -0.384. The number of anilines is 1. The van der Waals surface area contributed by atoms with Crippen molar-refractivity contribution in [3.8, 4) is 5.75 Å². The molecule has 8 nitrogen and oxygen atoms in total. The summed E-state index contributed by atoms with van der Waals surface area (Å²) in [6, 6.07) is 11.2. The van der Waals surface area contributed by atoms with E-state index in [4.69, 9.17) is 21.1 Å². The maximum absolute atomic E-state index is 12.8. The van der Waals surface area contributed by atoms with Crippen LogP contribution in [0.5, 0.6) is 5.75 Å². The molecule has 2 aromatic carbocycles. The predicted molar refractivity (Wildman–Crippen MR) is 109 cm³/mol. The van der Waals surface area contributed by atoms with Gasteiger partial charge in [0.1, 0.15) is 11.4 Å². The summed E-state index contributed by atoms with van der Waals surface area (Å²) < 4.78 is 10.9. The summed E-state index contributed by atoms with van der Waals surface area (Å²) in [7, 11) is 1.43. The van der Waals surface area contributed by atoms with Crippen LogP contribution >= 0.6 is 11.6 Å². The van der Waals surface area contributed by atoms with E-state index in [2.05, 4.69) is 5.32 Å². The number of ether oxygens (including phenoxy) is 2. The number of halogens is 1. The molecule has 29 heavy (non-hydrogen) atoms. The minimum Gasteiger partial charge on any atom is -0.496 e. The smallest absolute Gasteiger partial charge is 0.296 e. The van der Waals surface area contributed by atoms with Crippen molar-refractivity contribution in [2.24, 2.45) is 0 Å². The molecule has 1 aliphatic rings. The van der Waals surface area contributed by atoms with E-state index in [1.807, 2.05) is 17.0 Å². The first-order valence-electron chi connectivity index (χ1n) is 9.13. The first-order valence-corrected chi connectivity index (χ1v) is 9.51. The molecule has 0 aromatic heterocycles. The van der Waals surface area contributed by atoms with Crippen molar-refractivity contribution >= 4 is 28.9 Å². The molecule has 0 bridgehead atoms. The Morgan fingerprint density at radius 1 is 1.34 bits per heavy atom. The normalized spacial score (nSPS) is 18.1. The van der Waals surface area contributed by atoms with Crippen molar-refractivity contribution in [2.45, 2.75) is 19.1 Å². The number of methoxy groups -OCH3 is 1. The van der Waals surface area contributed by atoms with Gasteiger partial charge in [-0.15, -0.1) is 0 Å². The monoisotopic (exact) mass is 419 g/mol. The Balaban J connectivity index is 1.70. The molecule has 2 atom stereocenters. The predicted octanol–water partition coefficient (Wildman–Crippen LogP) is 3.66. The molecule has 0 spiro atoms. The standard InChI is InChI=1S/C20H22ClN3O5/c1-13(20(25)22-17-8-7-16(28-2)11-18(17)24(26)27)23-9-10-29-19(12-23)14-3-5-15(21)6-4-14/h3-8,11,13,19H,9-10,12H2,1-2H3,(H,22,25)/t13-,19-/m1/s1. The van der Waals surface area contributed by atoms with Crippen LogP contribution in [0.4, 0.5) is 11.4 Å². The number of carbonyl (C=O) groups is 1. The molecule has 9 heteroatoms. The van der Waals surface area contributed by atoms with Gasteiger partial charge in [-0.2, -0.15) is 0 Å². The topological polar surface area (TPSA) is 93.9 Å². The van der Waals surface area contributed by atoms with Crippen LogP contribution in [-0.2, 0) is 9.53 Å². The van der Waals surface area contributed by atoms with Gasteiger partial charge < -0.3 is 14.8 Å². The van der Waals surface area contributed by atoms with Gasteiger partial charge in [0.2, 0.25) is 5.91 Å². The number of nitro benzene ring substituents is 1. The Morgan fingerprint density at radius 2 is 2.07 bits per heavy atom. The number of carbonyl (C=O) groups excluding carboxylic acids is 1. The number of rotatable bonds is 6. The van der Waals surface area contributed by atoms with Crippen LogP contribution in [0.1, 0.15) is 18.6 Å². The van der Waals surface area contributed by atoms with E-state index < -0.39 is 11.0 Å². The Hall–Kier alpha value is -2.68. The van der Waals surface area contributed by atoms with Crippen molar-refractivity contribution in [3.63, 3.8) is 0 Å². The first-order chi connectivity index (χ1) is 13.9. The summed E-state index contributed by atoms with van der Waals surface area (Å²) in [6.07, 6.45) is -0.174. The Bertz CT molecular complexity index is 890. The lowest BCUT2D eigenvalue weighted by Crippen LogP contribution is -2.48. The van der Waals surface area contributed by atoms with Crippen molar-refractivity contribution in [2.75, 3.05) is 32.1 Å². The van der Waals surface area contributed by atoms with Gasteiger partial charge in [0.05, 0.1) is 36.9 Å². The average Bonchev–Trinajstić information content (AvgIpc) is 2.73. The molecular formula is C20H22ClN3O5. The minimum absolute atomic E-state index is 0.134. The second-order valence-electron chi connectivity index (χ2n) is 6.71. The lowest BCUT2D eigenvalue weighted by atomic mass is 10.1.